The van der Waals surface area contributed by atoms with Gasteiger partial charge in [0, 0.05) is 43.9 Å². The van der Waals surface area contributed by atoms with E-state index in [4.69, 9.17) is 10.00 Å². The highest BCUT2D eigenvalue weighted by Gasteiger charge is 2.45. The lowest BCUT2D eigenvalue weighted by Gasteiger charge is -2.48. The Morgan fingerprint density at radius 3 is 2.81 bits per heavy atom. The van der Waals surface area contributed by atoms with Crippen LogP contribution in [0.25, 0.3) is 0 Å². The summed E-state index contributed by atoms with van der Waals surface area (Å²) in [6, 6.07) is 7.96. The van der Waals surface area contributed by atoms with Gasteiger partial charge in [0.15, 0.2) is 11.6 Å². The molecule has 0 aliphatic carbocycles. The van der Waals surface area contributed by atoms with Crippen LogP contribution in [0.3, 0.4) is 0 Å². The van der Waals surface area contributed by atoms with Gasteiger partial charge < -0.3 is 14.5 Å². The van der Waals surface area contributed by atoms with Crippen molar-refractivity contribution >= 4 is 5.69 Å². The molecule has 2 atom stereocenters. The van der Waals surface area contributed by atoms with Crippen molar-refractivity contribution in [2.45, 2.75) is 46.1 Å². The number of unbranched alkanes of at least 4 members (excludes halogenated alkanes) is 1. The van der Waals surface area contributed by atoms with Gasteiger partial charge in [-0.05, 0) is 49.8 Å². The largest absolute Gasteiger partial charge is 0.491 e. The monoisotopic (exact) mass is 359 g/mol. The molecular formula is C21H30FN3O. The summed E-state index contributed by atoms with van der Waals surface area (Å²) in [7, 11) is 0. The minimum absolute atomic E-state index is 0.183. The molecule has 0 aromatic heterocycles. The van der Waals surface area contributed by atoms with Crippen molar-refractivity contribution < 1.29 is 9.13 Å². The maximum atomic E-state index is 14.4. The molecule has 3 aliphatic heterocycles. The second-order valence-corrected chi connectivity index (χ2v) is 8.30. The molecule has 142 valence electrons. The van der Waals surface area contributed by atoms with Crippen LogP contribution in [0.1, 0.15) is 40.0 Å². The molecule has 1 aromatic rings. The number of rotatable bonds is 6. The van der Waals surface area contributed by atoms with E-state index in [1.165, 1.54) is 6.42 Å². The number of anilines is 1. The van der Waals surface area contributed by atoms with E-state index in [0.29, 0.717) is 30.7 Å². The molecule has 0 amide bonds. The SMILES string of the molecule is CCOc1ccc(N2CC3CN(CCCC#N)C[C@@H]2C(C)(C)C3)cc1F. The van der Waals surface area contributed by atoms with Gasteiger partial charge in [0.25, 0.3) is 0 Å². The van der Waals surface area contributed by atoms with E-state index in [2.05, 4.69) is 29.7 Å². The summed E-state index contributed by atoms with van der Waals surface area (Å²) < 4.78 is 19.8. The van der Waals surface area contributed by atoms with E-state index in [1.54, 1.807) is 12.1 Å². The minimum atomic E-state index is -0.284. The predicted molar refractivity (Wildman–Crippen MR) is 102 cm³/mol. The number of hydrogen-bond donors (Lipinski definition) is 0. The number of fused-ring (bicyclic) bond motifs is 4. The first-order chi connectivity index (χ1) is 12.4. The van der Waals surface area contributed by atoms with Crippen molar-refractivity contribution in [3.05, 3.63) is 24.0 Å². The predicted octanol–water partition coefficient (Wildman–Crippen LogP) is 4.06. The van der Waals surface area contributed by atoms with E-state index in [1.807, 2.05) is 13.0 Å². The van der Waals surface area contributed by atoms with Gasteiger partial charge in [0.05, 0.1) is 12.7 Å². The topological polar surface area (TPSA) is 39.5 Å². The van der Waals surface area contributed by atoms with Crippen LogP contribution in [0.4, 0.5) is 10.1 Å². The number of piperidine rings is 1. The molecule has 3 fully saturated rings. The molecule has 3 aliphatic rings. The number of halogens is 1. The van der Waals surface area contributed by atoms with Gasteiger partial charge in [0.2, 0.25) is 0 Å². The number of benzene rings is 1. The van der Waals surface area contributed by atoms with Crippen LogP contribution in [0.5, 0.6) is 5.75 Å². The Labute approximate surface area is 156 Å². The molecule has 26 heavy (non-hydrogen) atoms. The molecular weight excluding hydrogens is 329 g/mol. The lowest BCUT2D eigenvalue weighted by molar-refractivity contribution is 0.190. The smallest absolute Gasteiger partial charge is 0.167 e. The summed E-state index contributed by atoms with van der Waals surface area (Å²) in [6.45, 7) is 11.0. The van der Waals surface area contributed by atoms with Crippen molar-refractivity contribution in [2.24, 2.45) is 11.3 Å². The van der Waals surface area contributed by atoms with Gasteiger partial charge in [0.1, 0.15) is 0 Å². The fourth-order valence-electron chi connectivity index (χ4n) is 4.71. The van der Waals surface area contributed by atoms with Crippen molar-refractivity contribution in [3.8, 4) is 11.8 Å². The lowest BCUT2D eigenvalue weighted by Crippen LogP contribution is -2.54. The van der Waals surface area contributed by atoms with Crippen molar-refractivity contribution in [1.29, 1.82) is 5.26 Å². The summed E-state index contributed by atoms with van der Waals surface area (Å²) in [5.74, 6) is 0.613. The molecule has 1 aromatic carbocycles. The van der Waals surface area contributed by atoms with Crippen LogP contribution in [-0.4, -0.2) is 43.7 Å². The Bertz CT molecular complexity index is 670. The molecule has 0 radical (unpaired) electrons. The van der Waals surface area contributed by atoms with E-state index < -0.39 is 0 Å². The first-order valence-electron chi connectivity index (χ1n) is 9.73. The number of nitriles is 1. The van der Waals surface area contributed by atoms with Crippen LogP contribution in [0.2, 0.25) is 0 Å². The zero-order valence-corrected chi connectivity index (χ0v) is 16.2. The second kappa shape index (κ2) is 7.84. The highest BCUT2D eigenvalue weighted by Crippen LogP contribution is 2.43. The normalized spacial score (nSPS) is 25.0. The Balaban J connectivity index is 1.82. The quantitative estimate of drug-likeness (QED) is 0.718. The number of hydrogen-bond acceptors (Lipinski definition) is 4. The molecule has 4 rings (SSSR count). The van der Waals surface area contributed by atoms with Crippen LogP contribution < -0.4 is 9.64 Å². The zero-order valence-electron chi connectivity index (χ0n) is 16.2. The highest BCUT2D eigenvalue weighted by molar-refractivity contribution is 5.52. The number of ether oxygens (including phenoxy) is 1. The molecule has 0 spiro atoms. The van der Waals surface area contributed by atoms with Gasteiger partial charge >= 0.3 is 0 Å². The molecule has 3 saturated heterocycles. The van der Waals surface area contributed by atoms with E-state index in [9.17, 15) is 4.39 Å². The molecule has 4 nitrogen and oxygen atoms in total. The third kappa shape index (κ3) is 3.96. The Hall–Kier alpha value is -1.80. The average Bonchev–Trinajstić information content (AvgIpc) is 2.83. The zero-order chi connectivity index (χ0) is 18.7. The van der Waals surface area contributed by atoms with Crippen LogP contribution in [0.15, 0.2) is 18.2 Å². The summed E-state index contributed by atoms with van der Waals surface area (Å²) in [5.41, 5.74) is 1.13. The Morgan fingerprint density at radius 1 is 1.31 bits per heavy atom. The van der Waals surface area contributed by atoms with Crippen molar-refractivity contribution in [3.63, 3.8) is 0 Å². The van der Waals surface area contributed by atoms with Crippen LogP contribution in [-0.2, 0) is 0 Å². The molecule has 0 saturated carbocycles. The van der Waals surface area contributed by atoms with E-state index in [-0.39, 0.29) is 11.2 Å². The maximum absolute atomic E-state index is 14.4. The summed E-state index contributed by atoms with van der Waals surface area (Å²) in [6.07, 6.45) is 2.74. The average molecular weight is 359 g/mol. The first kappa shape index (κ1) is 19.0. The fourth-order valence-corrected chi connectivity index (χ4v) is 4.71. The van der Waals surface area contributed by atoms with Gasteiger partial charge in [-0.3, -0.25) is 0 Å². The number of nitrogens with zero attached hydrogens (tertiary/aromatic N) is 3. The molecule has 5 heteroatoms. The van der Waals surface area contributed by atoms with E-state index >= 15 is 0 Å². The molecule has 3 heterocycles. The highest BCUT2D eigenvalue weighted by atomic mass is 19.1. The first-order valence-corrected chi connectivity index (χ1v) is 9.73. The third-order valence-electron chi connectivity index (χ3n) is 5.81. The van der Waals surface area contributed by atoms with Crippen molar-refractivity contribution in [2.75, 3.05) is 37.7 Å². The van der Waals surface area contributed by atoms with Gasteiger partial charge in [-0.2, -0.15) is 5.26 Å². The minimum Gasteiger partial charge on any atom is -0.491 e. The molecule has 2 bridgehead atoms. The summed E-state index contributed by atoms with van der Waals surface area (Å²) in [5, 5.41) is 8.81. The third-order valence-corrected chi connectivity index (χ3v) is 5.81. The van der Waals surface area contributed by atoms with Gasteiger partial charge in [-0.25, -0.2) is 4.39 Å². The lowest BCUT2D eigenvalue weighted by atomic mass is 9.73. The van der Waals surface area contributed by atoms with Crippen LogP contribution >= 0.6 is 0 Å². The van der Waals surface area contributed by atoms with Crippen LogP contribution in [0, 0.1) is 28.5 Å². The second-order valence-electron chi connectivity index (χ2n) is 8.30. The molecule has 1 unspecified atom stereocenters. The summed E-state index contributed by atoms with van der Waals surface area (Å²) >= 11 is 0. The van der Waals surface area contributed by atoms with Gasteiger partial charge in [-0.1, -0.05) is 13.8 Å². The Kier molecular flexibility index (Phi) is 5.72. The molecule has 0 N–H and O–H groups in total. The van der Waals surface area contributed by atoms with Crippen molar-refractivity contribution in [1.82, 2.24) is 4.90 Å². The van der Waals surface area contributed by atoms with Gasteiger partial charge in [-0.15, -0.1) is 0 Å². The van der Waals surface area contributed by atoms with E-state index in [0.717, 1.165) is 38.3 Å². The Morgan fingerprint density at radius 2 is 2.12 bits per heavy atom. The maximum Gasteiger partial charge on any atom is 0.167 e. The fraction of sp³-hybridized carbons (Fsp3) is 0.667. The summed E-state index contributed by atoms with van der Waals surface area (Å²) in [4.78, 5) is 4.91. The standard InChI is InChI=1S/C21H30FN3O/c1-4-26-19-8-7-17(11-18(19)22)25-14-16-12-21(2,3)20(25)15-24(13-16)10-6-5-9-23/h7-8,11,16,20H,4-6,10,12-15H2,1-3H3/t16?,20-/m1/s1.